The van der Waals surface area contributed by atoms with Gasteiger partial charge in [0, 0.05) is 24.3 Å². The summed E-state index contributed by atoms with van der Waals surface area (Å²) >= 11 is 0. The second-order valence-corrected chi connectivity index (χ2v) is 8.96. The van der Waals surface area contributed by atoms with E-state index in [1.807, 2.05) is 0 Å². The number of pyridine rings is 1. The van der Waals surface area contributed by atoms with E-state index in [4.69, 9.17) is 4.42 Å². The van der Waals surface area contributed by atoms with Gasteiger partial charge in [-0.2, -0.15) is 0 Å². The number of carbonyl (C=O) groups is 1. The Morgan fingerprint density at radius 1 is 1.00 bits per heavy atom. The fraction of sp³-hybridized carbons (Fsp3) is 0.0870. The molecule has 8 heteroatoms. The highest BCUT2D eigenvalue weighted by atomic mass is 32.2. The lowest BCUT2D eigenvalue weighted by Crippen LogP contribution is -2.34. The van der Waals surface area contributed by atoms with Gasteiger partial charge in [-0.15, -0.1) is 0 Å². The van der Waals surface area contributed by atoms with Crippen LogP contribution in [0.3, 0.4) is 0 Å². The van der Waals surface area contributed by atoms with Gasteiger partial charge in [0.25, 0.3) is 5.91 Å². The molecule has 1 N–H and O–H groups in total. The van der Waals surface area contributed by atoms with Crippen LogP contribution in [0.15, 0.2) is 99.3 Å². The lowest BCUT2D eigenvalue weighted by atomic mass is 10.1. The van der Waals surface area contributed by atoms with Gasteiger partial charge in [0.2, 0.25) is 0 Å². The number of hydrogen-bond donors (Lipinski definition) is 1. The number of aromatic nitrogens is 1. The van der Waals surface area contributed by atoms with E-state index in [9.17, 15) is 18.0 Å². The van der Waals surface area contributed by atoms with Gasteiger partial charge in [-0.25, -0.2) is 13.2 Å². The molecule has 7 nitrogen and oxygen atoms in total. The van der Waals surface area contributed by atoms with E-state index in [0.29, 0.717) is 16.5 Å². The van der Waals surface area contributed by atoms with E-state index < -0.39 is 26.6 Å². The SMILES string of the molecule is O=C(NC[C@H](c1cccnc1)S(=O)(=O)c1ccccc1)c1cc2ccccc2oc1=O. The first-order valence-corrected chi connectivity index (χ1v) is 11.0. The summed E-state index contributed by atoms with van der Waals surface area (Å²) in [6.07, 6.45) is 2.98. The third-order valence-corrected chi connectivity index (χ3v) is 6.95. The Morgan fingerprint density at radius 3 is 2.48 bits per heavy atom. The second-order valence-electron chi connectivity index (χ2n) is 6.83. The third-order valence-electron chi connectivity index (χ3n) is 4.84. The van der Waals surface area contributed by atoms with Crippen LogP contribution >= 0.6 is 0 Å². The molecule has 0 aliphatic heterocycles. The standard InChI is InChI=1S/C23H18N2O5S/c26-22(19-13-16-7-4-5-11-20(16)30-23(19)27)25-15-21(17-8-6-12-24-14-17)31(28,29)18-9-2-1-3-10-18/h1-14,21H,15H2,(H,25,26)/t21-/m1/s1. The molecule has 2 heterocycles. The molecule has 0 saturated carbocycles. The van der Waals surface area contributed by atoms with Gasteiger partial charge in [-0.1, -0.05) is 42.5 Å². The van der Waals surface area contributed by atoms with Crippen LogP contribution in [-0.4, -0.2) is 25.9 Å². The van der Waals surface area contributed by atoms with Gasteiger partial charge >= 0.3 is 5.63 Å². The minimum atomic E-state index is -3.83. The smallest absolute Gasteiger partial charge is 0.349 e. The van der Waals surface area contributed by atoms with E-state index in [1.54, 1.807) is 54.6 Å². The summed E-state index contributed by atoms with van der Waals surface area (Å²) < 4.78 is 31.7. The predicted molar refractivity (Wildman–Crippen MR) is 115 cm³/mol. The summed E-state index contributed by atoms with van der Waals surface area (Å²) in [6.45, 7) is -0.242. The highest BCUT2D eigenvalue weighted by Gasteiger charge is 2.30. The Labute approximate surface area is 178 Å². The molecule has 0 unspecified atom stereocenters. The van der Waals surface area contributed by atoms with E-state index in [1.165, 1.54) is 30.6 Å². The van der Waals surface area contributed by atoms with Gasteiger partial charge < -0.3 is 9.73 Å². The minimum absolute atomic E-state index is 0.128. The lowest BCUT2D eigenvalue weighted by Gasteiger charge is -2.18. The first kappa shape index (κ1) is 20.5. The van der Waals surface area contributed by atoms with Crippen molar-refractivity contribution in [2.75, 3.05) is 6.54 Å². The maximum Gasteiger partial charge on any atom is 0.349 e. The highest BCUT2D eigenvalue weighted by molar-refractivity contribution is 7.91. The molecule has 1 amide bonds. The largest absolute Gasteiger partial charge is 0.422 e. The van der Waals surface area contributed by atoms with Crippen molar-refractivity contribution in [3.63, 3.8) is 0 Å². The van der Waals surface area contributed by atoms with Crippen molar-refractivity contribution in [1.82, 2.24) is 10.3 Å². The number of benzene rings is 2. The topological polar surface area (TPSA) is 106 Å². The van der Waals surface area contributed by atoms with Crippen molar-refractivity contribution in [3.05, 3.63) is 107 Å². The van der Waals surface area contributed by atoms with Crippen LogP contribution < -0.4 is 10.9 Å². The number of nitrogens with zero attached hydrogens (tertiary/aromatic N) is 1. The summed E-state index contributed by atoms with van der Waals surface area (Å²) in [5, 5.41) is 2.08. The average Bonchev–Trinajstić information content (AvgIpc) is 2.79. The number of nitrogens with one attached hydrogen (secondary N) is 1. The van der Waals surface area contributed by atoms with Crippen LogP contribution in [0.5, 0.6) is 0 Å². The maximum atomic E-state index is 13.3. The first-order valence-electron chi connectivity index (χ1n) is 9.47. The zero-order valence-electron chi connectivity index (χ0n) is 16.3. The van der Waals surface area contributed by atoms with Gasteiger partial charge in [0.1, 0.15) is 16.4 Å². The Kier molecular flexibility index (Phi) is 5.64. The number of carbonyl (C=O) groups excluding carboxylic acids is 1. The molecule has 0 bridgehead atoms. The molecule has 0 aliphatic carbocycles. The monoisotopic (exact) mass is 434 g/mol. The molecule has 2 aromatic heterocycles. The molecular formula is C23H18N2O5S. The fourth-order valence-electron chi connectivity index (χ4n) is 3.25. The van der Waals surface area contributed by atoms with E-state index in [-0.39, 0.29) is 17.0 Å². The number of hydrogen-bond acceptors (Lipinski definition) is 6. The van der Waals surface area contributed by atoms with E-state index >= 15 is 0 Å². The maximum absolute atomic E-state index is 13.3. The molecule has 0 radical (unpaired) electrons. The normalized spacial score (nSPS) is 12.4. The number of rotatable bonds is 6. The van der Waals surface area contributed by atoms with Crippen molar-refractivity contribution >= 4 is 26.7 Å². The third kappa shape index (κ3) is 4.24. The highest BCUT2D eigenvalue weighted by Crippen LogP contribution is 2.28. The first-order chi connectivity index (χ1) is 15.0. The zero-order chi connectivity index (χ0) is 21.8. The Balaban J connectivity index is 1.65. The number of para-hydroxylation sites is 1. The molecular weight excluding hydrogens is 416 g/mol. The van der Waals surface area contributed by atoms with Crippen molar-refractivity contribution in [1.29, 1.82) is 0 Å². The molecule has 156 valence electrons. The van der Waals surface area contributed by atoms with Gasteiger partial charge in [-0.05, 0) is 35.9 Å². The molecule has 0 fully saturated rings. The van der Waals surface area contributed by atoms with Crippen LogP contribution in [0.2, 0.25) is 0 Å². The Bertz CT molecular complexity index is 1380. The zero-order valence-corrected chi connectivity index (χ0v) is 17.1. The summed E-state index contributed by atoms with van der Waals surface area (Å²) in [4.78, 5) is 29.1. The van der Waals surface area contributed by atoms with E-state index in [0.717, 1.165) is 0 Å². The molecule has 31 heavy (non-hydrogen) atoms. The number of sulfone groups is 1. The Morgan fingerprint density at radius 2 is 1.74 bits per heavy atom. The minimum Gasteiger partial charge on any atom is -0.422 e. The molecule has 0 aliphatic rings. The molecule has 2 aromatic carbocycles. The Hall–Kier alpha value is -3.78. The van der Waals surface area contributed by atoms with E-state index in [2.05, 4.69) is 10.3 Å². The summed E-state index contributed by atoms with van der Waals surface area (Å²) in [6, 6.07) is 19.5. The average molecular weight is 434 g/mol. The second kappa shape index (κ2) is 8.53. The van der Waals surface area contributed by atoms with Gasteiger partial charge in [0.05, 0.1) is 4.90 Å². The van der Waals surface area contributed by atoms with Crippen molar-refractivity contribution < 1.29 is 17.6 Å². The molecule has 0 spiro atoms. The number of amides is 1. The summed E-state index contributed by atoms with van der Waals surface area (Å²) in [7, 11) is -3.83. The lowest BCUT2D eigenvalue weighted by molar-refractivity contribution is 0.0950. The van der Waals surface area contributed by atoms with Crippen LogP contribution in [-0.2, 0) is 9.84 Å². The van der Waals surface area contributed by atoms with Crippen molar-refractivity contribution in [2.24, 2.45) is 0 Å². The molecule has 1 atom stereocenters. The molecule has 0 saturated heterocycles. The van der Waals surface area contributed by atoms with Crippen molar-refractivity contribution in [2.45, 2.75) is 10.1 Å². The van der Waals surface area contributed by atoms with Gasteiger partial charge in [-0.3, -0.25) is 9.78 Å². The van der Waals surface area contributed by atoms with Crippen LogP contribution in [0, 0.1) is 0 Å². The van der Waals surface area contributed by atoms with Crippen molar-refractivity contribution in [3.8, 4) is 0 Å². The summed E-state index contributed by atoms with van der Waals surface area (Å²) in [5.74, 6) is -0.711. The molecule has 4 aromatic rings. The van der Waals surface area contributed by atoms with Crippen LogP contribution in [0.1, 0.15) is 21.2 Å². The predicted octanol–water partition coefficient (Wildman–Crippen LogP) is 3.13. The van der Waals surface area contributed by atoms with Crippen LogP contribution in [0.25, 0.3) is 11.0 Å². The van der Waals surface area contributed by atoms with Crippen LogP contribution in [0.4, 0.5) is 0 Å². The summed E-state index contributed by atoms with van der Waals surface area (Å²) in [5.41, 5.74) is -0.193. The fourth-order valence-corrected chi connectivity index (χ4v) is 4.91. The number of fused-ring (bicyclic) bond motifs is 1. The molecule has 4 rings (SSSR count). The quantitative estimate of drug-likeness (QED) is 0.467. The van der Waals surface area contributed by atoms with Gasteiger partial charge in [0.15, 0.2) is 9.84 Å².